The Balaban J connectivity index is 2.02. The van der Waals surface area contributed by atoms with Crippen molar-refractivity contribution in [3.05, 3.63) is 24.0 Å². The van der Waals surface area contributed by atoms with Crippen LogP contribution in [0.5, 0.6) is 0 Å². The Morgan fingerprint density at radius 2 is 2.29 bits per heavy atom. The van der Waals surface area contributed by atoms with Crippen LogP contribution in [0.1, 0.15) is 20.3 Å². The van der Waals surface area contributed by atoms with Gasteiger partial charge < -0.3 is 15.8 Å². The van der Waals surface area contributed by atoms with E-state index in [2.05, 4.69) is 5.32 Å². The highest BCUT2D eigenvalue weighted by Gasteiger charge is 2.32. The fourth-order valence-corrected chi connectivity index (χ4v) is 2.61. The third-order valence-electron chi connectivity index (χ3n) is 4.12. The van der Waals surface area contributed by atoms with Gasteiger partial charge in [0.2, 0.25) is 5.91 Å². The van der Waals surface area contributed by atoms with E-state index in [1.54, 1.807) is 0 Å². The van der Waals surface area contributed by atoms with Crippen LogP contribution < -0.4 is 11.1 Å². The number of benzene rings is 1. The molecule has 1 aromatic carbocycles. The van der Waals surface area contributed by atoms with Crippen LogP contribution >= 0.6 is 0 Å². The number of anilines is 2. The van der Waals surface area contributed by atoms with Crippen LogP contribution in [0.2, 0.25) is 0 Å². The zero-order valence-corrected chi connectivity index (χ0v) is 12.6. The number of carbonyl (C=O) groups excluding carboxylic acids is 1. The molecule has 1 amide bonds. The molecule has 5 nitrogen and oxygen atoms in total. The Morgan fingerprint density at radius 3 is 2.86 bits per heavy atom. The van der Waals surface area contributed by atoms with E-state index in [9.17, 15) is 9.18 Å². The van der Waals surface area contributed by atoms with Crippen molar-refractivity contribution in [2.75, 3.05) is 24.7 Å². The molecule has 1 saturated heterocycles. The van der Waals surface area contributed by atoms with Gasteiger partial charge >= 0.3 is 0 Å². The molecule has 1 aliphatic heterocycles. The van der Waals surface area contributed by atoms with Gasteiger partial charge in [0.25, 0.3) is 0 Å². The van der Waals surface area contributed by atoms with Crippen molar-refractivity contribution in [3.63, 3.8) is 0 Å². The first-order valence-corrected chi connectivity index (χ1v) is 7.09. The molecule has 1 fully saturated rings. The molecular formula is C15H22FN3O2. The molecule has 0 spiro atoms. The summed E-state index contributed by atoms with van der Waals surface area (Å²) in [7, 11) is 1.91. The van der Waals surface area contributed by atoms with E-state index in [4.69, 9.17) is 10.5 Å². The van der Waals surface area contributed by atoms with Crippen LogP contribution in [0, 0.1) is 5.82 Å². The van der Waals surface area contributed by atoms with E-state index in [0.717, 1.165) is 13.0 Å². The van der Waals surface area contributed by atoms with Gasteiger partial charge in [-0.3, -0.25) is 9.69 Å². The van der Waals surface area contributed by atoms with Gasteiger partial charge in [-0.05, 0) is 45.5 Å². The molecule has 2 rings (SSSR count). The third-order valence-corrected chi connectivity index (χ3v) is 4.12. The monoisotopic (exact) mass is 295 g/mol. The molecule has 0 saturated carbocycles. The van der Waals surface area contributed by atoms with Crippen molar-refractivity contribution in [1.82, 2.24) is 4.90 Å². The number of halogens is 1. The van der Waals surface area contributed by atoms with Crippen molar-refractivity contribution in [2.45, 2.75) is 38.5 Å². The van der Waals surface area contributed by atoms with Crippen molar-refractivity contribution < 1.29 is 13.9 Å². The topological polar surface area (TPSA) is 67.6 Å². The summed E-state index contributed by atoms with van der Waals surface area (Å²) in [6, 6.07) is 3.82. The van der Waals surface area contributed by atoms with Crippen molar-refractivity contribution in [3.8, 4) is 0 Å². The lowest BCUT2D eigenvalue weighted by molar-refractivity contribution is -0.121. The maximum Gasteiger partial charge on any atom is 0.241 e. The summed E-state index contributed by atoms with van der Waals surface area (Å²) in [6.07, 6.45) is 1.02. The fourth-order valence-electron chi connectivity index (χ4n) is 2.61. The van der Waals surface area contributed by atoms with Crippen LogP contribution in [0.3, 0.4) is 0 Å². The van der Waals surface area contributed by atoms with Gasteiger partial charge in [-0.1, -0.05) is 0 Å². The number of nitrogens with one attached hydrogen (secondary N) is 1. The molecule has 3 unspecified atom stereocenters. The molecule has 3 N–H and O–H groups in total. The lowest BCUT2D eigenvalue weighted by Gasteiger charge is -2.31. The van der Waals surface area contributed by atoms with Gasteiger partial charge in [0, 0.05) is 12.6 Å². The number of nitrogen functional groups attached to an aromatic ring is 1. The molecule has 0 aliphatic carbocycles. The summed E-state index contributed by atoms with van der Waals surface area (Å²) in [4.78, 5) is 14.3. The highest BCUT2D eigenvalue weighted by atomic mass is 19.1. The molecule has 1 aromatic rings. The zero-order chi connectivity index (χ0) is 15.6. The Kier molecular flexibility index (Phi) is 4.80. The highest BCUT2D eigenvalue weighted by molar-refractivity contribution is 5.97. The van der Waals surface area contributed by atoms with Crippen LogP contribution in [0.4, 0.5) is 15.8 Å². The molecule has 0 aromatic heterocycles. The molecule has 1 aliphatic rings. The second-order valence-corrected chi connectivity index (χ2v) is 5.49. The molecule has 0 radical (unpaired) electrons. The summed E-state index contributed by atoms with van der Waals surface area (Å²) >= 11 is 0. The number of likely N-dealkylation sites (N-methyl/N-ethyl adjacent to an activating group) is 1. The predicted molar refractivity (Wildman–Crippen MR) is 80.5 cm³/mol. The van der Waals surface area contributed by atoms with Crippen LogP contribution in [0.25, 0.3) is 0 Å². The first kappa shape index (κ1) is 15.7. The van der Waals surface area contributed by atoms with Gasteiger partial charge in [0.15, 0.2) is 0 Å². The molecule has 21 heavy (non-hydrogen) atoms. The van der Waals surface area contributed by atoms with Gasteiger partial charge in [0.1, 0.15) is 5.82 Å². The van der Waals surface area contributed by atoms with Gasteiger partial charge in [-0.15, -0.1) is 0 Å². The second kappa shape index (κ2) is 6.41. The number of rotatable bonds is 4. The van der Waals surface area contributed by atoms with E-state index in [0.29, 0.717) is 5.69 Å². The average molecular weight is 295 g/mol. The normalized spacial score (nSPS) is 23.3. The van der Waals surface area contributed by atoms with Crippen LogP contribution in [-0.2, 0) is 9.53 Å². The average Bonchev–Trinajstić information content (AvgIpc) is 2.86. The van der Waals surface area contributed by atoms with Gasteiger partial charge in [-0.25, -0.2) is 4.39 Å². The number of carbonyl (C=O) groups is 1. The van der Waals surface area contributed by atoms with E-state index >= 15 is 0 Å². The van der Waals surface area contributed by atoms with Crippen molar-refractivity contribution in [2.24, 2.45) is 0 Å². The maximum atomic E-state index is 13.0. The number of nitrogens with zero attached hydrogens (tertiary/aromatic N) is 1. The van der Waals surface area contributed by atoms with E-state index in [1.165, 1.54) is 18.2 Å². The molecule has 116 valence electrons. The van der Waals surface area contributed by atoms with Gasteiger partial charge in [0.05, 0.1) is 23.5 Å². The van der Waals surface area contributed by atoms with E-state index in [-0.39, 0.29) is 29.8 Å². The zero-order valence-electron chi connectivity index (χ0n) is 12.6. The smallest absolute Gasteiger partial charge is 0.241 e. The molecular weight excluding hydrogens is 273 g/mol. The Bertz CT molecular complexity index is 524. The number of hydrogen-bond acceptors (Lipinski definition) is 4. The van der Waals surface area contributed by atoms with E-state index in [1.807, 2.05) is 25.8 Å². The standard InChI is InChI=1S/C15H22FN3O2/c1-9(19(3)14-6-7-21-10(14)2)15(20)18-13-5-4-11(16)8-12(13)17/h4-5,8-10,14H,6-7,17H2,1-3H3,(H,18,20). The number of amides is 1. The highest BCUT2D eigenvalue weighted by Crippen LogP contribution is 2.22. The molecule has 1 heterocycles. The summed E-state index contributed by atoms with van der Waals surface area (Å²) in [5.74, 6) is -0.595. The predicted octanol–water partition coefficient (Wildman–Crippen LogP) is 1.84. The van der Waals surface area contributed by atoms with Gasteiger partial charge in [-0.2, -0.15) is 0 Å². The van der Waals surface area contributed by atoms with E-state index < -0.39 is 5.82 Å². The van der Waals surface area contributed by atoms with Crippen molar-refractivity contribution in [1.29, 1.82) is 0 Å². The Labute approximate surface area is 124 Å². The Morgan fingerprint density at radius 1 is 1.57 bits per heavy atom. The summed E-state index contributed by atoms with van der Waals surface area (Å²) in [6.45, 7) is 4.56. The SMILES string of the molecule is CC1OCCC1N(C)C(C)C(=O)Nc1ccc(F)cc1N. The summed E-state index contributed by atoms with van der Waals surface area (Å²) in [5, 5.41) is 2.74. The lowest BCUT2D eigenvalue weighted by atomic mass is 10.1. The number of hydrogen-bond donors (Lipinski definition) is 2. The third kappa shape index (κ3) is 3.51. The van der Waals surface area contributed by atoms with Crippen LogP contribution in [-0.4, -0.2) is 42.6 Å². The fraction of sp³-hybridized carbons (Fsp3) is 0.533. The summed E-state index contributed by atoms with van der Waals surface area (Å²) in [5.41, 5.74) is 6.35. The number of nitrogens with two attached hydrogens (primary N) is 1. The van der Waals surface area contributed by atoms with Crippen molar-refractivity contribution >= 4 is 17.3 Å². The minimum Gasteiger partial charge on any atom is -0.397 e. The maximum absolute atomic E-state index is 13.0. The Hall–Kier alpha value is -1.66. The minimum atomic E-state index is -0.424. The summed E-state index contributed by atoms with van der Waals surface area (Å²) < 4.78 is 18.5. The number of ether oxygens (including phenoxy) is 1. The minimum absolute atomic E-state index is 0.112. The quantitative estimate of drug-likeness (QED) is 0.832. The second-order valence-electron chi connectivity index (χ2n) is 5.49. The van der Waals surface area contributed by atoms with Crippen LogP contribution in [0.15, 0.2) is 18.2 Å². The lowest BCUT2D eigenvalue weighted by Crippen LogP contribution is -2.47. The first-order chi connectivity index (χ1) is 9.90. The molecule has 6 heteroatoms. The first-order valence-electron chi connectivity index (χ1n) is 7.09. The largest absolute Gasteiger partial charge is 0.397 e. The molecule has 0 bridgehead atoms. The molecule has 3 atom stereocenters.